The van der Waals surface area contributed by atoms with Crippen molar-refractivity contribution in [2.45, 2.75) is 46.3 Å². The second-order valence-electron chi connectivity index (χ2n) is 9.44. The fraction of sp³-hybridized carbons (Fsp3) is 0.444. The van der Waals surface area contributed by atoms with Gasteiger partial charge in [0.25, 0.3) is 11.8 Å². The summed E-state index contributed by atoms with van der Waals surface area (Å²) in [6, 6.07) is 10.8. The average Bonchev–Trinajstić information content (AvgIpc) is 3.26. The number of amides is 2. The maximum atomic E-state index is 12.8. The lowest BCUT2D eigenvalue weighted by molar-refractivity contribution is 0.0681. The summed E-state index contributed by atoms with van der Waals surface area (Å²) in [5, 5.41) is 9.30. The zero-order valence-corrected chi connectivity index (χ0v) is 21.3. The number of carbonyl (C=O) groups is 2. The Kier molecular flexibility index (Phi) is 8.08. The normalized spacial score (nSPS) is 14.6. The van der Waals surface area contributed by atoms with Crippen molar-refractivity contribution >= 4 is 34.3 Å². The summed E-state index contributed by atoms with van der Waals surface area (Å²) in [6.45, 7) is 9.15. The highest BCUT2D eigenvalue weighted by Gasteiger charge is 2.24. The monoisotopic (exact) mass is 496 g/mol. The molecule has 1 saturated heterocycles. The maximum Gasteiger partial charge on any atom is 0.253 e. The van der Waals surface area contributed by atoms with Crippen molar-refractivity contribution in [3.8, 4) is 0 Å². The highest BCUT2D eigenvalue weighted by molar-refractivity contribution is 6.30. The van der Waals surface area contributed by atoms with Gasteiger partial charge in [0.15, 0.2) is 0 Å². The van der Waals surface area contributed by atoms with Crippen LogP contribution in [-0.2, 0) is 11.3 Å². The van der Waals surface area contributed by atoms with Crippen molar-refractivity contribution in [1.29, 1.82) is 0 Å². The lowest BCUT2D eigenvalue weighted by Gasteiger charge is -2.32. The number of aryl methyl sites for hydroxylation is 1. The molecule has 7 nitrogen and oxygen atoms in total. The molecule has 3 aromatic rings. The van der Waals surface area contributed by atoms with Crippen LogP contribution < -0.4 is 5.32 Å². The van der Waals surface area contributed by atoms with Crippen molar-refractivity contribution in [2.75, 3.05) is 26.2 Å². The standard InChI is InChI=1S/C27H33ClN4O3/c1-18(2)35-15-12-29-26(33)23-8-9-25-24(19(23)3)17-32(30-25)16-20-10-13-31(14-11-20)27(34)21-4-6-22(28)7-5-21/h4-9,17-18,20H,10-16H2,1-3H3,(H,29,33). The molecule has 2 heterocycles. The lowest BCUT2D eigenvalue weighted by atomic mass is 9.96. The highest BCUT2D eigenvalue weighted by atomic mass is 35.5. The topological polar surface area (TPSA) is 76.5 Å². The molecule has 1 aliphatic rings. The molecule has 0 spiro atoms. The number of ether oxygens (including phenoxy) is 1. The van der Waals surface area contributed by atoms with Crippen LogP contribution in [0.4, 0.5) is 0 Å². The number of aromatic nitrogens is 2. The molecular formula is C27H33ClN4O3. The number of carbonyl (C=O) groups excluding carboxylic acids is 2. The third-order valence-corrected chi connectivity index (χ3v) is 6.78. The first-order chi connectivity index (χ1) is 16.8. The SMILES string of the molecule is Cc1c(C(=O)NCCOC(C)C)ccc2nn(CC3CCN(C(=O)c4ccc(Cl)cc4)CC3)cc12. The largest absolute Gasteiger partial charge is 0.377 e. The molecule has 1 aliphatic heterocycles. The van der Waals surface area contributed by atoms with Crippen molar-refractivity contribution in [3.05, 3.63) is 64.3 Å². The Balaban J connectivity index is 1.34. The number of piperidine rings is 1. The Morgan fingerprint density at radius 3 is 2.54 bits per heavy atom. The molecule has 0 atom stereocenters. The van der Waals surface area contributed by atoms with Gasteiger partial charge in [0.05, 0.1) is 18.2 Å². The molecule has 4 rings (SSSR count). The Bertz CT molecular complexity index is 1180. The van der Waals surface area contributed by atoms with Gasteiger partial charge >= 0.3 is 0 Å². The van der Waals surface area contributed by atoms with E-state index in [9.17, 15) is 9.59 Å². The number of hydrogen-bond donors (Lipinski definition) is 1. The lowest BCUT2D eigenvalue weighted by Crippen LogP contribution is -2.39. The molecule has 2 aromatic carbocycles. The zero-order valence-electron chi connectivity index (χ0n) is 20.6. The van der Waals surface area contributed by atoms with Crippen LogP contribution in [0.5, 0.6) is 0 Å². The van der Waals surface area contributed by atoms with Crippen molar-refractivity contribution < 1.29 is 14.3 Å². The summed E-state index contributed by atoms with van der Waals surface area (Å²) in [4.78, 5) is 27.3. The van der Waals surface area contributed by atoms with E-state index in [-0.39, 0.29) is 17.9 Å². The van der Waals surface area contributed by atoms with E-state index in [0.717, 1.165) is 48.9 Å². The molecule has 1 aromatic heterocycles. The number of halogens is 1. The van der Waals surface area contributed by atoms with Crippen molar-refractivity contribution in [3.63, 3.8) is 0 Å². The molecule has 186 valence electrons. The van der Waals surface area contributed by atoms with Gasteiger partial charge in [-0.25, -0.2) is 0 Å². The molecule has 0 radical (unpaired) electrons. The number of hydrogen-bond acceptors (Lipinski definition) is 4. The van der Waals surface area contributed by atoms with Crippen LogP contribution >= 0.6 is 11.6 Å². The predicted octanol–water partition coefficient (Wildman–Crippen LogP) is 4.71. The van der Waals surface area contributed by atoms with Crippen LogP contribution in [0.3, 0.4) is 0 Å². The van der Waals surface area contributed by atoms with Gasteiger partial charge in [-0.1, -0.05) is 11.6 Å². The molecular weight excluding hydrogens is 464 g/mol. The Morgan fingerprint density at radius 1 is 1.14 bits per heavy atom. The van der Waals surface area contributed by atoms with Crippen LogP contribution in [0.2, 0.25) is 5.02 Å². The van der Waals surface area contributed by atoms with Crippen LogP contribution in [0.15, 0.2) is 42.6 Å². The minimum absolute atomic E-state index is 0.0575. The second kappa shape index (κ2) is 11.2. The molecule has 0 unspecified atom stereocenters. The smallest absolute Gasteiger partial charge is 0.253 e. The van der Waals surface area contributed by atoms with E-state index in [1.807, 2.05) is 48.7 Å². The maximum absolute atomic E-state index is 12.8. The molecule has 0 bridgehead atoms. The molecule has 0 saturated carbocycles. The van der Waals surface area contributed by atoms with Gasteiger partial charge in [0, 0.05) is 53.9 Å². The summed E-state index contributed by atoms with van der Waals surface area (Å²) in [7, 11) is 0. The van der Waals surface area contributed by atoms with Gasteiger partial charge in [-0.05, 0) is 81.5 Å². The molecule has 8 heteroatoms. The minimum Gasteiger partial charge on any atom is -0.377 e. The number of rotatable bonds is 8. The molecule has 2 amide bonds. The highest BCUT2D eigenvalue weighted by Crippen LogP contribution is 2.25. The summed E-state index contributed by atoms with van der Waals surface area (Å²) >= 11 is 5.94. The summed E-state index contributed by atoms with van der Waals surface area (Å²) < 4.78 is 7.48. The fourth-order valence-electron chi connectivity index (χ4n) is 4.53. The molecule has 35 heavy (non-hydrogen) atoms. The third-order valence-electron chi connectivity index (χ3n) is 6.53. The number of benzene rings is 2. The third kappa shape index (κ3) is 6.21. The quantitative estimate of drug-likeness (QED) is 0.458. The number of likely N-dealkylation sites (tertiary alicyclic amines) is 1. The van der Waals surface area contributed by atoms with E-state index < -0.39 is 0 Å². The van der Waals surface area contributed by atoms with Gasteiger partial charge in [-0.3, -0.25) is 14.3 Å². The predicted molar refractivity (Wildman–Crippen MR) is 138 cm³/mol. The van der Waals surface area contributed by atoms with E-state index in [2.05, 4.69) is 5.32 Å². The van der Waals surface area contributed by atoms with Crippen LogP contribution in [0, 0.1) is 12.8 Å². The number of nitrogens with zero attached hydrogens (tertiary/aromatic N) is 3. The fourth-order valence-corrected chi connectivity index (χ4v) is 4.66. The Morgan fingerprint density at radius 2 is 1.86 bits per heavy atom. The first-order valence-corrected chi connectivity index (χ1v) is 12.6. The van der Waals surface area contributed by atoms with Crippen LogP contribution in [-0.4, -0.2) is 58.8 Å². The van der Waals surface area contributed by atoms with E-state index in [1.165, 1.54) is 0 Å². The van der Waals surface area contributed by atoms with Gasteiger partial charge in [0.2, 0.25) is 0 Å². The summed E-state index contributed by atoms with van der Waals surface area (Å²) in [5.41, 5.74) is 3.15. The van der Waals surface area contributed by atoms with E-state index >= 15 is 0 Å². The van der Waals surface area contributed by atoms with E-state index in [0.29, 0.717) is 35.2 Å². The number of nitrogens with one attached hydrogen (secondary N) is 1. The van der Waals surface area contributed by atoms with Crippen molar-refractivity contribution in [2.24, 2.45) is 5.92 Å². The minimum atomic E-state index is -0.0952. The average molecular weight is 497 g/mol. The molecule has 0 aliphatic carbocycles. The van der Waals surface area contributed by atoms with Crippen molar-refractivity contribution in [1.82, 2.24) is 20.0 Å². The number of fused-ring (bicyclic) bond motifs is 1. The van der Waals surface area contributed by atoms with Gasteiger partial charge in [-0.15, -0.1) is 0 Å². The first-order valence-electron chi connectivity index (χ1n) is 12.2. The zero-order chi connectivity index (χ0) is 24.9. The Labute approximate surface area is 211 Å². The van der Waals surface area contributed by atoms with Gasteiger partial charge in [-0.2, -0.15) is 5.10 Å². The Hall–Kier alpha value is -2.90. The second-order valence-corrected chi connectivity index (χ2v) is 9.88. The first kappa shape index (κ1) is 25.2. The molecule has 1 fully saturated rings. The van der Waals surface area contributed by atoms with Crippen LogP contribution in [0.25, 0.3) is 10.9 Å². The molecule has 1 N–H and O–H groups in total. The van der Waals surface area contributed by atoms with Crippen LogP contribution in [0.1, 0.15) is 53.0 Å². The van der Waals surface area contributed by atoms with E-state index in [4.69, 9.17) is 21.4 Å². The summed E-state index contributed by atoms with van der Waals surface area (Å²) in [5.74, 6) is 0.409. The van der Waals surface area contributed by atoms with Gasteiger partial charge in [0.1, 0.15) is 0 Å². The van der Waals surface area contributed by atoms with E-state index in [1.54, 1.807) is 24.3 Å². The van der Waals surface area contributed by atoms with Gasteiger partial charge < -0.3 is 15.0 Å². The summed E-state index contributed by atoms with van der Waals surface area (Å²) in [6.07, 6.45) is 4.04.